The van der Waals surface area contributed by atoms with Crippen LogP contribution < -0.4 is 4.72 Å². The maximum atomic E-state index is 12.3. The largest absolute Gasteiger partial charge is 0.346 e. The first-order valence-corrected chi connectivity index (χ1v) is 8.02. The summed E-state index contributed by atoms with van der Waals surface area (Å²) in [5, 5.41) is 0.921. The molecule has 2 aromatic heterocycles. The molecule has 0 spiro atoms. The van der Waals surface area contributed by atoms with E-state index >= 15 is 0 Å². The van der Waals surface area contributed by atoms with Crippen LogP contribution in [0.2, 0.25) is 0 Å². The predicted molar refractivity (Wildman–Crippen MR) is 81.3 cm³/mol. The van der Waals surface area contributed by atoms with Gasteiger partial charge in [-0.1, -0.05) is 12.1 Å². The molecule has 0 saturated heterocycles. The van der Waals surface area contributed by atoms with Gasteiger partial charge in [0.1, 0.15) is 5.65 Å². The van der Waals surface area contributed by atoms with Crippen LogP contribution in [0.3, 0.4) is 0 Å². The van der Waals surface area contributed by atoms with E-state index in [0.29, 0.717) is 0 Å². The lowest BCUT2D eigenvalue weighted by Gasteiger charge is -2.07. The van der Waals surface area contributed by atoms with Gasteiger partial charge in [0.25, 0.3) is 0 Å². The number of aromatic nitrogens is 2. The van der Waals surface area contributed by atoms with E-state index in [0.717, 1.165) is 22.2 Å². The summed E-state index contributed by atoms with van der Waals surface area (Å²) in [5.41, 5.74) is 2.53. The lowest BCUT2D eigenvalue weighted by Crippen LogP contribution is -2.23. The Labute approximate surface area is 123 Å². The molecule has 0 aliphatic rings. The standard InChI is InChI=1S/C15H15N3O2S/c1-11-4-2-5-13(8-11)21(19,20)18-10-12-9-17-15-14(12)6-3-7-16-15/h2-9,18H,10H2,1H3,(H,16,17). The van der Waals surface area contributed by atoms with Crippen LogP contribution in [0.4, 0.5) is 0 Å². The van der Waals surface area contributed by atoms with E-state index in [4.69, 9.17) is 0 Å². The number of fused-ring (bicyclic) bond motifs is 1. The molecule has 0 unspecified atom stereocenters. The fourth-order valence-electron chi connectivity index (χ4n) is 2.20. The first kappa shape index (κ1) is 13.8. The fraction of sp³-hybridized carbons (Fsp3) is 0.133. The van der Waals surface area contributed by atoms with Gasteiger partial charge in [-0.15, -0.1) is 0 Å². The van der Waals surface area contributed by atoms with Crippen molar-refractivity contribution in [1.82, 2.24) is 14.7 Å². The number of pyridine rings is 1. The van der Waals surface area contributed by atoms with Crippen molar-refractivity contribution in [3.63, 3.8) is 0 Å². The van der Waals surface area contributed by atoms with Crippen LogP contribution in [-0.2, 0) is 16.6 Å². The number of hydrogen-bond acceptors (Lipinski definition) is 3. The van der Waals surface area contributed by atoms with Crippen molar-refractivity contribution in [3.05, 3.63) is 59.9 Å². The molecule has 0 saturated carbocycles. The molecule has 0 bridgehead atoms. The van der Waals surface area contributed by atoms with Gasteiger partial charge in [-0.2, -0.15) is 0 Å². The molecule has 3 rings (SSSR count). The zero-order valence-electron chi connectivity index (χ0n) is 11.5. The molecule has 2 N–H and O–H groups in total. The average Bonchev–Trinajstić information content (AvgIpc) is 2.88. The highest BCUT2D eigenvalue weighted by molar-refractivity contribution is 7.89. The van der Waals surface area contributed by atoms with E-state index < -0.39 is 10.0 Å². The Hall–Kier alpha value is -2.18. The van der Waals surface area contributed by atoms with Gasteiger partial charge in [0.15, 0.2) is 0 Å². The van der Waals surface area contributed by atoms with Crippen LogP contribution >= 0.6 is 0 Å². The number of nitrogens with one attached hydrogen (secondary N) is 2. The van der Waals surface area contributed by atoms with Crippen LogP contribution in [0.25, 0.3) is 11.0 Å². The van der Waals surface area contributed by atoms with Crippen LogP contribution in [-0.4, -0.2) is 18.4 Å². The van der Waals surface area contributed by atoms with Gasteiger partial charge in [0.2, 0.25) is 10.0 Å². The Morgan fingerprint density at radius 2 is 2.10 bits per heavy atom. The summed E-state index contributed by atoms with van der Waals surface area (Å²) in [6.45, 7) is 2.09. The lowest BCUT2D eigenvalue weighted by atomic mass is 10.2. The number of aryl methyl sites for hydroxylation is 1. The number of aromatic amines is 1. The number of sulfonamides is 1. The number of benzene rings is 1. The average molecular weight is 301 g/mol. The molecule has 0 amide bonds. The van der Waals surface area contributed by atoms with Crippen molar-refractivity contribution in [2.45, 2.75) is 18.4 Å². The van der Waals surface area contributed by atoms with Crippen molar-refractivity contribution in [3.8, 4) is 0 Å². The molecule has 6 heteroatoms. The molecule has 0 radical (unpaired) electrons. The van der Waals surface area contributed by atoms with Gasteiger partial charge >= 0.3 is 0 Å². The minimum Gasteiger partial charge on any atom is -0.346 e. The molecule has 1 aromatic carbocycles. The zero-order chi connectivity index (χ0) is 14.9. The molecule has 3 aromatic rings. The smallest absolute Gasteiger partial charge is 0.240 e. The topological polar surface area (TPSA) is 74.8 Å². The molecule has 0 aliphatic carbocycles. The maximum Gasteiger partial charge on any atom is 0.240 e. The summed E-state index contributed by atoms with van der Waals surface area (Å²) in [7, 11) is -3.51. The highest BCUT2D eigenvalue weighted by atomic mass is 32.2. The second-order valence-electron chi connectivity index (χ2n) is 4.85. The number of H-pyrrole nitrogens is 1. The summed E-state index contributed by atoms with van der Waals surface area (Å²) in [5.74, 6) is 0. The van der Waals surface area contributed by atoms with E-state index in [1.54, 1.807) is 30.6 Å². The Balaban J connectivity index is 1.84. The monoisotopic (exact) mass is 301 g/mol. The number of nitrogens with zero attached hydrogens (tertiary/aromatic N) is 1. The van der Waals surface area contributed by atoms with Crippen LogP contribution in [0.1, 0.15) is 11.1 Å². The van der Waals surface area contributed by atoms with E-state index in [2.05, 4.69) is 14.7 Å². The number of hydrogen-bond donors (Lipinski definition) is 2. The van der Waals surface area contributed by atoms with Crippen molar-refractivity contribution >= 4 is 21.1 Å². The molecule has 21 heavy (non-hydrogen) atoms. The maximum absolute atomic E-state index is 12.3. The second-order valence-corrected chi connectivity index (χ2v) is 6.62. The summed E-state index contributed by atoms with van der Waals surface area (Å²) in [4.78, 5) is 7.49. The van der Waals surface area contributed by atoms with Gasteiger partial charge in [0.05, 0.1) is 4.90 Å². The Morgan fingerprint density at radius 1 is 1.24 bits per heavy atom. The molecular weight excluding hydrogens is 286 g/mol. The number of rotatable bonds is 4. The van der Waals surface area contributed by atoms with Crippen molar-refractivity contribution < 1.29 is 8.42 Å². The van der Waals surface area contributed by atoms with E-state index in [1.807, 2.05) is 25.1 Å². The van der Waals surface area contributed by atoms with Crippen LogP contribution in [0.15, 0.2) is 53.7 Å². The third-order valence-electron chi connectivity index (χ3n) is 3.29. The molecule has 5 nitrogen and oxygen atoms in total. The highest BCUT2D eigenvalue weighted by Gasteiger charge is 2.14. The van der Waals surface area contributed by atoms with Gasteiger partial charge in [-0.3, -0.25) is 0 Å². The van der Waals surface area contributed by atoms with Crippen LogP contribution in [0.5, 0.6) is 0 Å². The molecule has 0 aliphatic heterocycles. The fourth-order valence-corrected chi connectivity index (χ4v) is 3.31. The third-order valence-corrected chi connectivity index (χ3v) is 4.69. The van der Waals surface area contributed by atoms with E-state index in [9.17, 15) is 8.42 Å². The predicted octanol–water partition coefficient (Wildman–Crippen LogP) is 2.35. The van der Waals surface area contributed by atoms with Gasteiger partial charge in [-0.25, -0.2) is 18.1 Å². The quantitative estimate of drug-likeness (QED) is 0.776. The SMILES string of the molecule is Cc1cccc(S(=O)(=O)NCc2c[nH]c3ncccc23)c1. The van der Waals surface area contributed by atoms with Gasteiger partial charge < -0.3 is 4.98 Å². The van der Waals surface area contributed by atoms with Crippen molar-refractivity contribution in [1.29, 1.82) is 0 Å². The van der Waals surface area contributed by atoms with Gasteiger partial charge in [-0.05, 0) is 42.3 Å². The highest BCUT2D eigenvalue weighted by Crippen LogP contribution is 2.17. The minimum absolute atomic E-state index is 0.224. The summed E-state index contributed by atoms with van der Waals surface area (Å²) >= 11 is 0. The Morgan fingerprint density at radius 3 is 2.90 bits per heavy atom. The Kier molecular flexibility index (Phi) is 3.48. The van der Waals surface area contributed by atoms with E-state index in [1.165, 1.54) is 0 Å². The first-order valence-electron chi connectivity index (χ1n) is 6.53. The van der Waals surface area contributed by atoms with Crippen molar-refractivity contribution in [2.24, 2.45) is 0 Å². The molecule has 2 heterocycles. The molecule has 0 atom stereocenters. The van der Waals surface area contributed by atoms with Crippen LogP contribution in [0, 0.1) is 6.92 Å². The summed E-state index contributed by atoms with van der Waals surface area (Å²) in [6, 6.07) is 10.6. The van der Waals surface area contributed by atoms with Crippen molar-refractivity contribution in [2.75, 3.05) is 0 Å². The molecule has 0 fully saturated rings. The summed E-state index contributed by atoms with van der Waals surface area (Å²) < 4.78 is 27.2. The molecule has 108 valence electrons. The van der Waals surface area contributed by atoms with E-state index in [-0.39, 0.29) is 11.4 Å². The second kappa shape index (κ2) is 5.31. The lowest BCUT2D eigenvalue weighted by molar-refractivity contribution is 0.581. The zero-order valence-corrected chi connectivity index (χ0v) is 12.3. The first-order chi connectivity index (χ1) is 10.1. The third kappa shape index (κ3) is 2.81. The van der Waals surface area contributed by atoms with Gasteiger partial charge in [0, 0.05) is 24.3 Å². The molecular formula is C15H15N3O2S. The summed E-state index contributed by atoms with van der Waals surface area (Å²) in [6.07, 6.45) is 3.47. The normalized spacial score (nSPS) is 11.9. The minimum atomic E-state index is -3.51. The Bertz CT molecular complexity index is 885.